The van der Waals surface area contributed by atoms with Gasteiger partial charge in [0.15, 0.2) is 23.0 Å². The van der Waals surface area contributed by atoms with Crippen molar-refractivity contribution < 1.29 is 9.18 Å². The van der Waals surface area contributed by atoms with Crippen molar-refractivity contribution in [1.29, 1.82) is 0 Å². The number of aromatic nitrogens is 6. The maximum atomic E-state index is 14.3. The van der Waals surface area contributed by atoms with Gasteiger partial charge >= 0.3 is 0 Å². The molecule has 32 heavy (non-hydrogen) atoms. The smallest absolute Gasteiger partial charge is 0.276 e. The molecule has 0 aliphatic carbocycles. The van der Waals surface area contributed by atoms with Crippen molar-refractivity contribution in [2.24, 2.45) is 0 Å². The van der Waals surface area contributed by atoms with Gasteiger partial charge in [0.05, 0.1) is 16.4 Å². The molecule has 0 aliphatic rings. The Kier molecular flexibility index (Phi) is 4.87. The molecular weight excluding hydrogens is 433 g/mol. The number of carbonyl (C=O) groups is 1. The van der Waals surface area contributed by atoms with Crippen molar-refractivity contribution in [3.63, 3.8) is 0 Å². The van der Waals surface area contributed by atoms with Crippen molar-refractivity contribution in [1.82, 2.24) is 29.4 Å². The third-order valence-electron chi connectivity index (χ3n) is 4.80. The number of nitrogens with one attached hydrogen (secondary N) is 1. The molecule has 8 nitrogen and oxygen atoms in total. The molecule has 158 valence electrons. The summed E-state index contributed by atoms with van der Waals surface area (Å²) in [5, 5.41) is 11.1. The molecule has 0 bridgehead atoms. The van der Waals surface area contributed by atoms with Gasteiger partial charge in [-0.05, 0) is 49.4 Å². The predicted octanol–water partition coefficient (Wildman–Crippen LogP) is 4.33. The Balaban J connectivity index is 1.60. The Morgan fingerprint density at radius 1 is 1.12 bits per heavy atom. The molecule has 0 aliphatic heterocycles. The van der Waals surface area contributed by atoms with Crippen molar-refractivity contribution >= 4 is 28.8 Å². The molecule has 0 unspecified atom stereocenters. The van der Waals surface area contributed by atoms with Crippen LogP contribution < -0.4 is 5.32 Å². The van der Waals surface area contributed by atoms with Crippen molar-refractivity contribution in [2.45, 2.75) is 6.92 Å². The minimum Gasteiger partial charge on any atom is -0.318 e. The van der Waals surface area contributed by atoms with Crippen LogP contribution in [0.3, 0.4) is 0 Å². The first-order valence-electron chi connectivity index (χ1n) is 9.59. The minimum atomic E-state index is -0.709. The van der Waals surface area contributed by atoms with E-state index < -0.39 is 11.7 Å². The van der Waals surface area contributed by atoms with E-state index >= 15 is 0 Å². The van der Waals surface area contributed by atoms with Crippen LogP contribution in [0, 0.1) is 12.7 Å². The standard InChI is InChI=1S/C22H15ClFN7O/c1-13-4-2-7-20(27-13)31-18(14-8-9-19-25-12-26-30(19)11-14)10-17(29-31)22(32)28-16-6-3-5-15(23)21(16)24/h2-12H,1H3,(H,28,32). The lowest BCUT2D eigenvalue weighted by Gasteiger charge is -2.07. The van der Waals surface area contributed by atoms with Gasteiger partial charge in [-0.1, -0.05) is 23.7 Å². The molecule has 5 aromatic rings. The molecule has 0 spiro atoms. The van der Waals surface area contributed by atoms with Crippen molar-refractivity contribution in [3.05, 3.63) is 89.3 Å². The van der Waals surface area contributed by atoms with E-state index in [1.54, 1.807) is 33.6 Å². The number of hydrogen-bond donors (Lipinski definition) is 1. The summed E-state index contributed by atoms with van der Waals surface area (Å²) in [6, 6.07) is 15.2. The van der Waals surface area contributed by atoms with E-state index in [0.29, 0.717) is 17.2 Å². The SMILES string of the molecule is Cc1cccc(-n2nc(C(=O)Nc3cccc(Cl)c3F)cc2-c2ccc3ncnn3c2)n1. The molecule has 5 rings (SSSR count). The Morgan fingerprint density at radius 3 is 2.81 bits per heavy atom. The summed E-state index contributed by atoms with van der Waals surface area (Å²) in [4.78, 5) is 21.6. The van der Waals surface area contributed by atoms with Crippen LogP contribution in [0.1, 0.15) is 16.2 Å². The van der Waals surface area contributed by atoms with E-state index in [0.717, 1.165) is 11.3 Å². The Bertz CT molecular complexity index is 1480. The monoisotopic (exact) mass is 447 g/mol. The number of nitrogens with zero attached hydrogens (tertiary/aromatic N) is 6. The first-order chi connectivity index (χ1) is 15.5. The summed E-state index contributed by atoms with van der Waals surface area (Å²) in [6.07, 6.45) is 3.24. The second-order valence-electron chi connectivity index (χ2n) is 7.00. The number of carbonyl (C=O) groups excluding carboxylic acids is 1. The van der Waals surface area contributed by atoms with Crippen LogP contribution in [0.2, 0.25) is 5.02 Å². The lowest BCUT2D eigenvalue weighted by Crippen LogP contribution is -2.14. The van der Waals surface area contributed by atoms with Crippen LogP contribution >= 0.6 is 11.6 Å². The average molecular weight is 448 g/mol. The van der Waals surface area contributed by atoms with Gasteiger partial charge in [0.2, 0.25) is 0 Å². The predicted molar refractivity (Wildman–Crippen MR) is 117 cm³/mol. The number of amides is 1. The molecule has 0 atom stereocenters. The van der Waals surface area contributed by atoms with Gasteiger partial charge < -0.3 is 5.32 Å². The van der Waals surface area contributed by atoms with Crippen LogP contribution in [-0.2, 0) is 0 Å². The van der Waals surface area contributed by atoms with Crippen LogP contribution in [0.4, 0.5) is 10.1 Å². The lowest BCUT2D eigenvalue weighted by atomic mass is 10.2. The third kappa shape index (κ3) is 3.58. The number of hydrogen-bond acceptors (Lipinski definition) is 5. The molecule has 0 radical (unpaired) electrons. The summed E-state index contributed by atoms with van der Waals surface area (Å²) in [6.45, 7) is 1.86. The largest absolute Gasteiger partial charge is 0.318 e. The normalized spacial score (nSPS) is 11.1. The number of halogens is 2. The summed E-state index contributed by atoms with van der Waals surface area (Å²) in [5.41, 5.74) is 2.88. The van der Waals surface area contributed by atoms with E-state index in [2.05, 4.69) is 25.5 Å². The first-order valence-corrected chi connectivity index (χ1v) is 9.96. The van der Waals surface area contributed by atoms with Crippen LogP contribution in [0.25, 0.3) is 22.7 Å². The zero-order valence-corrected chi connectivity index (χ0v) is 17.5. The number of benzene rings is 1. The molecule has 0 saturated heterocycles. The van der Waals surface area contributed by atoms with E-state index in [-0.39, 0.29) is 16.4 Å². The zero-order valence-electron chi connectivity index (χ0n) is 16.7. The maximum Gasteiger partial charge on any atom is 0.276 e. The van der Waals surface area contributed by atoms with Gasteiger partial charge in [0.1, 0.15) is 6.33 Å². The van der Waals surface area contributed by atoms with Gasteiger partial charge in [-0.15, -0.1) is 0 Å². The van der Waals surface area contributed by atoms with E-state index in [1.807, 2.05) is 31.2 Å². The summed E-state index contributed by atoms with van der Waals surface area (Å²) in [5.74, 6) is -0.758. The van der Waals surface area contributed by atoms with E-state index in [9.17, 15) is 9.18 Å². The van der Waals surface area contributed by atoms with Crippen molar-refractivity contribution in [2.75, 3.05) is 5.32 Å². The molecule has 10 heteroatoms. The summed E-state index contributed by atoms with van der Waals surface area (Å²) in [7, 11) is 0. The van der Waals surface area contributed by atoms with E-state index in [4.69, 9.17) is 11.6 Å². The fourth-order valence-corrected chi connectivity index (χ4v) is 3.45. The molecule has 4 heterocycles. The van der Waals surface area contributed by atoms with Crippen LogP contribution in [0.5, 0.6) is 0 Å². The average Bonchev–Trinajstić information content (AvgIpc) is 3.43. The zero-order chi connectivity index (χ0) is 22.2. The maximum absolute atomic E-state index is 14.3. The lowest BCUT2D eigenvalue weighted by molar-refractivity contribution is 0.102. The molecule has 0 fully saturated rings. The Morgan fingerprint density at radius 2 is 1.97 bits per heavy atom. The van der Waals surface area contributed by atoms with Crippen molar-refractivity contribution in [3.8, 4) is 17.1 Å². The van der Waals surface area contributed by atoms with Crippen LogP contribution in [-0.4, -0.2) is 35.3 Å². The Labute approximate surface area is 186 Å². The molecule has 1 aromatic carbocycles. The van der Waals surface area contributed by atoms with Gasteiger partial charge in [0, 0.05) is 17.5 Å². The molecule has 0 saturated carbocycles. The third-order valence-corrected chi connectivity index (χ3v) is 5.09. The van der Waals surface area contributed by atoms with Gasteiger partial charge in [-0.3, -0.25) is 4.79 Å². The highest BCUT2D eigenvalue weighted by molar-refractivity contribution is 6.31. The quantitative estimate of drug-likeness (QED) is 0.443. The second-order valence-corrected chi connectivity index (χ2v) is 7.41. The molecule has 1 amide bonds. The summed E-state index contributed by atoms with van der Waals surface area (Å²) < 4.78 is 17.4. The molecule has 1 N–H and O–H groups in total. The molecule has 4 aromatic heterocycles. The second kappa shape index (κ2) is 7.86. The molecular formula is C22H15ClFN7O. The minimum absolute atomic E-state index is 0.0312. The first kappa shape index (κ1) is 19.8. The Hall–Kier alpha value is -4.11. The fourth-order valence-electron chi connectivity index (χ4n) is 3.27. The highest BCUT2D eigenvalue weighted by atomic mass is 35.5. The van der Waals surface area contributed by atoms with Gasteiger partial charge in [-0.25, -0.2) is 23.6 Å². The van der Waals surface area contributed by atoms with Gasteiger partial charge in [-0.2, -0.15) is 10.2 Å². The number of pyridine rings is 2. The fraction of sp³-hybridized carbons (Fsp3) is 0.0455. The highest BCUT2D eigenvalue weighted by Crippen LogP contribution is 2.26. The topological polar surface area (TPSA) is 90.0 Å². The van der Waals surface area contributed by atoms with Crippen LogP contribution in [0.15, 0.2) is 67.1 Å². The number of fused-ring (bicyclic) bond motifs is 1. The summed E-state index contributed by atoms with van der Waals surface area (Å²) >= 11 is 5.82. The van der Waals surface area contributed by atoms with E-state index in [1.165, 1.54) is 18.5 Å². The number of rotatable bonds is 4. The number of anilines is 1. The van der Waals surface area contributed by atoms with Gasteiger partial charge in [0.25, 0.3) is 5.91 Å². The highest BCUT2D eigenvalue weighted by Gasteiger charge is 2.19. The number of aryl methyl sites for hydroxylation is 1.